The average molecular weight is 494 g/mol. The molecule has 1 unspecified atom stereocenters. The number of nitrogens with zero attached hydrogens (tertiary/aromatic N) is 2. The summed E-state index contributed by atoms with van der Waals surface area (Å²) in [6, 6.07) is 26.7. The van der Waals surface area contributed by atoms with Crippen molar-refractivity contribution in [2.24, 2.45) is 0 Å². The number of ether oxygens (including phenoxy) is 1. The van der Waals surface area contributed by atoms with Gasteiger partial charge < -0.3 is 15.0 Å². The molecule has 6 heteroatoms. The zero-order chi connectivity index (χ0) is 25.6. The molecule has 0 saturated heterocycles. The maximum Gasteiger partial charge on any atom is 0.247 e. The minimum absolute atomic E-state index is 0.0145. The Kier molecular flexibility index (Phi) is 7.45. The van der Waals surface area contributed by atoms with E-state index in [-0.39, 0.29) is 17.9 Å². The van der Waals surface area contributed by atoms with Gasteiger partial charge >= 0.3 is 0 Å². The fourth-order valence-corrected chi connectivity index (χ4v) is 4.66. The van der Waals surface area contributed by atoms with Crippen LogP contribution in [0.4, 0.5) is 0 Å². The predicted molar refractivity (Wildman–Crippen MR) is 144 cm³/mol. The molecule has 0 radical (unpaired) electrons. The Balaban J connectivity index is 1.41. The molecule has 0 bridgehead atoms. The fourth-order valence-electron chi connectivity index (χ4n) is 4.66. The SMILES string of the molecule is COc1ccc(CCC(=O)N(C2CC2)C(C(=O)NCc2ccccc2)c2ccc3cccnc3c2)cc1. The second-order valence-electron chi connectivity index (χ2n) is 9.44. The summed E-state index contributed by atoms with van der Waals surface area (Å²) in [4.78, 5) is 33.7. The Morgan fingerprint density at radius 2 is 1.76 bits per heavy atom. The van der Waals surface area contributed by atoms with Gasteiger partial charge in [-0.15, -0.1) is 0 Å². The van der Waals surface area contributed by atoms with Crippen LogP contribution in [-0.2, 0) is 22.6 Å². The number of aromatic nitrogens is 1. The standard InChI is InChI=1S/C31H31N3O3/c1-37-27-16-9-22(10-17-27)11-18-29(35)34(26-14-15-26)30(31(36)33-21-23-6-3-2-4-7-23)25-13-12-24-8-5-19-32-28(24)20-25/h2-10,12-13,16-17,19-20,26,30H,11,14-15,18,21H2,1H3,(H,33,36). The lowest BCUT2D eigenvalue weighted by molar-refractivity contribution is -0.141. The minimum Gasteiger partial charge on any atom is -0.497 e. The fraction of sp³-hybridized carbons (Fsp3) is 0.258. The smallest absolute Gasteiger partial charge is 0.247 e. The quantitative estimate of drug-likeness (QED) is 0.329. The topological polar surface area (TPSA) is 71.5 Å². The summed E-state index contributed by atoms with van der Waals surface area (Å²) < 4.78 is 5.24. The predicted octanol–water partition coefficient (Wildman–Crippen LogP) is 5.22. The summed E-state index contributed by atoms with van der Waals surface area (Å²) in [5, 5.41) is 4.08. The number of aryl methyl sites for hydroxylation is 1. The number of methoxy groups -OCH3 is 1. The van der Waals surface area contributed by atoms with Gasteiger partial charge in [-0.3, -0.25) is 14.6 Å². The second kappa shape index (κ2) is 11.2. The van der Waals surface area contributed by atoms with Crippen molar-refractivity contribution in [2.45, 2.75) is 44.3 Å². The number of benzene rings is 3. The zero-order valence-electron chi connectivity index (χ0n) is 21.0. The molecule has 2 amide bonds. The van der Waals surface area contributed by atoms with Gasteiger partial charge in [-0.05, 0) is 60.2 Å². The highest BCUT2D eigenvalue weighted by atomic mass is 16.5. The van der Waals surface area contributed by atoms with Gasteiger partial charge in [0.15, 0.2) is 0 Å². The summed E-state index contributed by atoms with van der Waals surface area (Å²) in [7, 11) is 1.64. The van der Waals surface area contributed by atoms with E-state index in [0.717, 1.165) is 46.2 Å². The van der Waals surface area contributed by atoms with Crippen molar-refractivity contribution < 1.29 is 14.3 Å². The van der Waals surface area contributed by atoms with Crippen molar-refractivity contribution in [3.8, 4) is 5.75 Å². The number of hydrogen-bond acceptors (Lipinski definition) is 4. The third-order valence-electron chi connectivity index (χ3n) is 6.80. The van der Waals surface area contributed by atoms with Crippen LogP contribution < -0.4 is 10.1 Å². The number of fused-ring (bicyclic) bond motifs is 1. The van der Waals surface area contributed by atoms with E-state index in [1.165, 1.54) is 0 Å². The molecular formula is C31H31N3O3. The number of carbonyl (C=O) groups excluding carboxylic acids is 2. The third kappa shape index (κ3) is 5.97. The summed E-state index contributed by atoms with van der Waals surface area (Å²) in [6.07, 6.45) is 4.49. The highest BCUT2D eigenvalue weighted by Gasteiger charge is 2.41. The van der Waals surface area contributed by atoms with Crippen LogP contribution in [-0.4, -0.2) is 34.8 Å². The molecule has 1 saturated carbocycles. The van der Waals surface area contributed by atoms with Crippen molar-refractivity contribution >= 4 is 22.7 Å². The van der Waals surface area contributed by atoms with E-state index in [0.29, 0.717) is 19.4 Å². The maximum atomic E-state index is 13.7. The van der Waals surface area contributed by atoms with Crippen LogP contribution >= 0.6 is 0 Å². The van der Waals surface area contributed by atoms with Gasteiger partial charge in [-0.25, -0.2) is 0 Å². The molecule has 5 rings (SSSR count). The molecule has 1 heterocycles. The highest BCUT2D eigenvalue weighted by molar-refractivity contribution is 5.90. The van der Waals surface area contributed by atoms with Crippen molar-refractivity contribution in [2.75, 3.05) is 7.11 Å². The lowest BCUT2D eigenvalue weighted by Crippen LogP contribution is -2.45. The molecule has 0 spiro atoms. The molecule has 37 heavy (non-hydrogen) atoms. The van der Waals surface area contributed by atoms with E-state index in [2.05, 4.69) is 10.3 Å². The van der Waals surface area contributed by atoms with Crippen LogP contribution in [0.25, 0.3) is 10.9 Å². The number of nitrogens with one attached hydrogen (secondary N) is 1. The van der Waals surface area contributed by atoms with E-state index in [4.69, 9.17) is 4.74 Å². The molecule has 1 aromatic heterocycles. The van der Waals surface area contributed by atoms with Crippen LogP contribution in [0, 0.1) is 0 Å². The zero-order valence-corrected chi connectivity index (χ0v) is 21.0. The Labute approximate surface area is 217 Å². The Bertz CT molecular complexity index is 1370. The first-order chi connectivity index (χ1) is 18.1. The average Bonchev–Trinajstić information content (AvgIpc) is 3.79. The molecule has 3 aromatic carbocycles. The highest BCUT2D eigenvalue weighted by Crippen LogP contribution is 2.36. The number of carbonyl (C=O) groups is 2. The van der Waals surface area contributed by atoms with Crippen molar-refractivity contribution in [1.82, 2.24) is 15.2 Å². The summed E-state index contributed by atoms with van der Waals surface area (Å²) >= 11 is 0. The Hall–Kier alpha value is -4.19. The normalized spacial score (nSPS) is 13.6. The first-order valence-corrected chi connectivity index (χ1v) is 12.7. The van der Waals surface area contributed by atoms with E-state index < -0.39 is 6.04 Å². The maximum absolute atomic E-state index is 13.7. The van der Waals surface area contributed by atoms with Crippen LogP contribution in [0.5, 0.6) is 5.75 Å². The molecule has 1 fully saturated rings. The Morgan fingerprint density at radius 1 is 0.973 bits per heavy atom. The number of pyridine rings is 1. The van der Waals surface area contributed by atoms with Crippen molar-refractivity contribution in [3.63, 3.8) is 0 Å². The molecule has 188 valence electrons. The van der Waals surface area contributed by atoms with Crippen LogP contribution in [0.2, 0.25) is 0 Å². The monoisotopic (exact) mass is 493 g/mol. The van der Waals surface area contributed by atoms with E-state index in [1.807, 2.05) is 89.8 Å². The molecule has 4 aromatic rings. The van der Waals surface area contributed by atoms with E-state index >= 15 is 0 Å². The summed E-state index contributed by atoms with van der Waals surface area (Å²) in [5.41, 5.74) is 3.66. The minimum atomic E-state index is -0.717. The first kappa shape index (κ1) is 24.5. The molecule has 1 aliphatic rings. The molecular weight excluding hydrogens is 462 g/mol. The molecule has 1 atom stereocenters. The van der Waals surface area contributed by atoms with Gasteiger partial charge in [-0.1, -0.05) is 60.7 Å². The molecule has 1 aliphatic carbocycles. The van der Waals surface area contributed by atoms with E-state index in [1.54, 1.807) is 13.3 Å². The van der Waals surface area contributed by atoms with Crippen molar-refractivity contribution in [1.29, 1.82) is 0 Å². The van der Waals surface area contributed by atoms with E-state index in [9.17, 15) is 9.59 Å². The van der Waals surface area contributed by atoms with Crippen LogP contribution in [0.15, 0.2) is 91.1 Å². The largest absolute Gasteiger partial charge is 0.497 e. The van der Waals surface area contributed by atoms with Gasteiger partial charge in [0.05, 0.1) is 12.6 Å². The van der Waals surface area contributed by atoms with Gasteiger partial charge in [0.25, 0.3) is 0 Å². The van der Waals surface area contributed by atoms with Gasteiger partial charge in [0, 0.05) is 30.6 Å². The second-order valence-corrected chi connectivity index (χ2v) is 9.44. The first-order valence-electron chi connectivity index (χ1n) is 12.7. The van der Waals surface area contributed by atoms with Gasteiger partial charge in [-0.2, -0.15) is 0 Å². The number of hydrogen-bond donors (Lipinski definition) is 1. The molecule has 0 aliphatic heterocycles. The molecule has 1 N–H and O–H groups in total. The molecule has 6 nitrogen and oxygen atoms in total. The summed E-state index contributed by atoms with van der Waals surface area (Å²) in [5.74, 6) is 0.595. The number of amides is 2. The van der Waals surface area contributed by atoms with Gasteiger partial charge in [0.1, 0.15) is 11.8 Å². The van der Waals surface area contributed by atoms with Crippen LogP contribution in [0.3, 0.4) is 0 Å². The Morgan fingerprint density at radius 3 is 2.49 bits per heavy atom. The van der Waals surface area contributed by atoms with Gasteiger partial charge in [0.2, 0.25) is 11.8 Å². The lowest BCUT2D eigenvalue weighted by Gasteiger charge is -2.32. The third-order valence-corrected chi connectivity index (χ3v) is 6.80. The van der Waals surface area contributed by atoms with Crippen LogP contribution in [0.1, 0.15) is 42.0 Å². The number of rotatable bonds is 10. The lowest BCUT2D eigenvalue weighted by atomic mass is 10.0. The van der Waals surface area contributed by atoms with Crippen molar-refractivity contribution in [3.05, 3.63) is 108 Å². The summed E-state index contributed by atoms with van der Waals surface area (Å²) in [6.45, 7) is 0.403.